The second-order valence-corrected chi connectivity index (χ2v) is 4.23. The molecule has 0 amide bonds. The van der Waals surface area contributed by atoms with Crippen molar-refractivity contribution in [3.8, 4) is 11.8 Å². The maximum Gasteiger partial charge on any atom is 0.339 e. The first-order valence-corrected chi connectivity index (χ1v) is 6.61. The van der Waals surface area contributed by atoms with E-state index >= 15 is 0 Å². The van der Waals surface area contributed by atoms with Crippen molar-refractivity contribution in [3.05, 3.63) is 47.8 Å². The Kier molecular flexibility index (Phi) is 7.19. The zero-order chi connectivity index (χ0) is 17.2. The number of hydrogen-bond acceptors (Lipinski definition) is 7. The van der Waals surface area contributed by atoms with Crippen molar-refractivity contribution in [1.29, 1.82) is 0 Å². The molecule has 7 nitrogen and oxygen atoms in total. The highest BCUT2D eigenvalue weighted by atomic mass is 16.5. The van der Waals surface area contributed by atoms with Crippen LogP contribution in [0, 0.1) is 0 Å². The Hall–Kier alpha value is -2.96. The van der Waals surface area contributed by atoms with E-state index in [-0.39, 0.29) is 5.78 Å². The standard InChI is InChI=1S/C8H9NO3.C8H9NO2/c1-11-7-4-3-6(5-9-7)8(10)12-2;1-6(10)7-3-4-8(11-2)9-5-7/h3-5H,1-2H3;3-5H,1-2H3. The van der Waals surface area contributed by atoms with Crippen molar-refractivity contribution >= 4 is 11.8 Å². The highest BCUT2D eigenvalue weighted by Gasteiger charge is 2.04. The summed E-state index contributed by atoms with van der Waals surface area (Å²) in [5.41, 5.74) is 1.02. The van der Waals surface area contributed by atoms with Crippen molar-refractivity contribution in [1.82, 2.24) is 9.97 Å². The highest BCUT2D eigenvalue weighted by molar-refractivity contribution is 5.93. The zero-order valence-corrected chi connectivity index (χ0v) is 13.4. The quantitative estimate of drug-likeness (QED) is 0.630. The molecule has 0 spiro atoms. The molecular weight excluding hydrogens is 300 g/mol. The number of carbonyl (C=O) groups is 2. The van der Waals surface area contributed by atoms with Crippen LogP contribution in [0.5, 0.6) is 11.8 Å². The van der Waals surface area contributed by atoms with Crippen molar-refractivity contribution in [3.63, 3.8) is 0 Å². The Morgan fingerprint density at radius 3 is 1.61 bits per heavy atom. The van der Waals surface area contributed by atoms with E-state index < -0.39 is 5.97 Å². The lowest BCUT2D eigenvalue weighted by Gasteiger charge is -1.99. The Morgan fingerprint density at radius 1 is 0.826 bits per heavy atom. The average molecular weight is 318 g/mol. The van der Waals surface area contributed by atoms with Gasteiger partial charge in [-0.15, -0.1) is 0 Å². The molecule has 122 valence electrons. The Morgan fingerprint density at radius 2 is 1.30 bits per heavy atom. The van der Waals surface area contributed by atoms with Gasteiger partial charge in [0.2, 0.25) is 11.8 Å². The fourth-order valence-corrected chi connectivity index (χ4v) is 1.45. The van der Waals surface area contributed by atoms with Crippen LogP contribution in [0.1, 0.15) is 27.6 Å². The normalized spacial score (nSPS) is 9.22. The molecule has 0 aromatic carbocycles. The van der Waals surface area contributed by atoms with Crippen LogP contribution >= 0.6 is 0 Å². The second-order valence-electron chi connectivity index (χ2n) is 4.23. The third-order valence-electron chi connectivity index (χ3n) is 2.72. The van der Waals surface area contributed by atoms with Gasteiger partial charge >= 0.3 is 5.97 Å². The van der Waals surface area contributed by atoms with Gasteiger partial charge in [0.05, 0.1) is 26.9 Å². The fraction of sp³-hybridized carbons (Fsp3) is 0.250. The molecule has 0 unspecified atom stereocenters. The number of ketones is 1. The van der Waals surface area contributed by atoms with E-state index in [0.717, 1.165) is 0 Å². The molecule has 0 radical (unpaired) electrons. The van der Waals surface area contributed by atoms with E-state index in [1.165, 1.54) is 40.6 Å². The SMILES string of the molecule is COC(=O)c1ccc(OC)nc1.COc1ccc(C(C)=O)cn1. The van der Waals surface area contributed by atoms with Crippen LogP contribution in [-0.2, 0) is 4.74 Å². The molecule has 2 rings (SSSR count). The number of ether oxygens (including phenoxy) is 3. The number of hydrogen-bond donors (Lipinski definition) is 0. The molecule has 0 atom stereocenters. The molecule has 0 bridgehead atoms. The predicted octanol–water partition coefficient (Wildman–Crippen LogP) is 2.17. The summed E-state index contributed by atoms with van der Waals surface area (Å²) in [6.45, 7) is 1.50. The summed E-state index contributed by atoms with van der Waals surface area (Å²) in [4.78, 5) is 29.4. The number of aromatic nitrogens is 2. The van der Waals surface area contributed by atoms with Gasteiger partial charge in [0, 0.05) is 30.1 Å². The molecule has 23 heavy (non-hydrogen) atoms. The first-order valence-electron chi connectivity index (χ1n) is 6.61. The van der Waals surface area contributed by atoms with E-state index in [0.29, 0.717) is 22.9 Å². The van der Waals surface area contributed by atoms with E-state index in [9.17, 15) is 9.59 Å². The Balaban J connectivity index is 0.000000231. The van der Waals surface area contributed by atoms with Crippen LogP contribution in [0.4, 0.5) is 0 Å². The number of rotatable bonds is 4. The lowest BCUT2D eigenvalue weighted by molar-refractivity contribution is 0.0600. The van der Waals surface area contributed by atoms with Gasteiger partial charge in [-0.25, -0.2) is 14.8 Å². The van der Waals surface area contributed by atoms with E-state index in [1.807, 2.05) is 0 Å². The molecule has 0 aliphatic carbocycles. The Bertz CT molecular complexity index is 639. The molecule has 0 aliphatic heterocycles. The second kappa shape index (κ2) is 9.14. The zero-order valence-electron chi connectivity index (χ0n) is 13.4. The maximum atomic E-state index is 10.9. The summed E-state index contributed by atoms with van der Waals surface area (Å²) in [5.74, 6) is 0.614. The summed E-state index contributed by atoms with van der Waals surface area (Å²) in [5, 5.41) is 0. The van der Waals surface area contributed by atoms with Crippen LogP contribution < -0.4 is 9.47 Å². The van der Waals surface area contributed by atoms with Crippen LogP contribution in [-0.4, -0.2) is 43.0 Å². The summed E-state index contributed by atoms with van der Waals surface area (Å²) in [6, 6.07) is 6.55. The topological polar surface area (TPSA) is 87.6 Å². The van der Waals surface area contributed by atoms with Gasteiger partial charge in [0.1, 0.15) is 0 Å². The molecular formula is C16H18N2O5. The first-order chi connectivity index (χ1) is 11.0. The van der Waals surface area contributed by atoms with Gasteiger partial charge in [-0.1, -0.05) is 0 Å². The van der Waals surface area contributed by atoms with Crippen LogP contribution in [0.2, 0.25) is 0 Å². The average Bonchev–Trinajstić information content (AvgIpc) is 2.61. The van der Waals surface area contributed by atoms with E-state index in [4.69, 9.17) is 9.47 Å². The maximum absolute atomic E-state index is 10.9. The Labute approximate surface area is 134 Å². The summed E-state index contributed by atoms with van der Waals surface area (Å²) < 4.78 is 14.1. The minimum absolute atomic E-state index is 0.0140. The minimum atomic E-state index is -0.398. The molecule has 0 aliphatic rings. The van der Waals surface area contributed by atoms with Gasteiger partial charge in [-0.3, -0.25) is 4.79 Å². The number of esters is 1. The smallest absolute Gasteiger partial charge is 0.339 e. The number of carbonyl (C=O) groups excluding carboxylic acids is 2. The molecule has 0 fully saturated rings. The van der Waals surface area contributed by atoms with Crippen LogP contribution in [0.3, 0.4) is 0 Å². The van der Waals surface area contributed by atoms with Gasteiger partial charge in [-0.2, -0.15) is 0 Å². The number of pyridine rings is 2. The van der Waals surface area contributed by atoms with E-state index in [2.05, 4.69) is 14.7 Å². The van der Waals surface area contributed by atoms with Crippen molar-refractivity contribution in [2.45, 2.75) is 6.92 Å². The third kappa shape index (κ3) is 5.74. The van der Waals surface area contributed by atoms with Crippen LogP contribution in [0.15, 0.2) is 36.7 Å². The highest BCUT2D eigenvalue weighted by Crippen LogP contribution is 2.07. The lowest BCUT2D eigenvalue weighted by atomic mass is 10.2. The first kappa shape index (κ1) is 18.1. The summed E-state index contributed by atoms with van der Waals surface area (Å²) in [6.07, 6.45) is 2.91. The summed E-state index contributed by atoms with van der Waals surface area (Å²) >= 11 is 0. The van der Waals surface area contributed by atoms with Gasteiger partial charge in [0.25, 0.3) is 0 Å². The molecule has 2 aromatic heterocycles. The van der Waals surface area contributed by atoms with E-state index in [1.54, 1.807) is 24.3 Å². The molecule has 7 heteroatoms. The van der Waals surface area contributed by atoms with Gasteiger partial charge < -0.3 is 14.2 Å². The molecule has 0 saturated heterocycles. The third-order valence-corrected chi connectivity index (χ3v) is 2.72. The largest absolute Gasteiger partial charge is 0.481 e. The molecule has 2 aromatic rings. The van der Waals surface area contributed by atoms with Crippen molar-refractivity contribution in [2.24, 2.45) is 0 Å². The lowest BCUT2D eigenvalue weighted by Crippen LogP contribution is -2.01. The monoisotopic (exact) mass is 318 g/mol. The predicted molar refractivity (Wildman–Crippen MR) is 82.9 cm³/mol. The summed E-state index contributed by atoms with van der Waals surface area (Å²) in [7, 11) is 4.38. The molecule has 2 heterocycles. The van der Waals surface area contributed by atoms with Gasteiger partial charge in [0.15, 0.2) is 5.78 Å². The number of Topliss-reactive ketones (excluding diaryl/α,β-unsaturated/α-hetero) is 1. The van der Waals surface area contributed by atoms with Crippen LogP contribution in [0.25, 0.3) is 0 Å². The fourth-order valence-electron chi connectivity index (χ4n) is 1.45. The molecule has 0 N–H and O–H groups in total. The number of nitrogens with zero attached hydrogens (tertiary/aromatic N) is 2. The molecule has 0 saturated carbocycles. The van der Waals surface area contributed by atoms with Gasteiger partial charge in [-0.05, 0) is 19.1 Å². The van der Waals surface area contributed by atoms with Crippen molar-refractivity contribution in [2.75, 3.05) is 21.3 Å². The number of methoxy groups -OCH3 is 3. The minimum Gasteiger partial charge on any atom is -0.481 e. The van der Waals surface area contributed by atoms with Crippen molar-refractivity contribution < 1.29 is 23.8 Å².